The summed E-state index contributed by atoms with van der Waals surface area (Å²) in [4.78, 5) is 2.00. The van der Waals surface area contributed by atoms with Crippen LogP contribution in [0.15, 0.2) is 0 Å². The van der Waals surface area contributed by atoms with E-state index in [-0.39, 0.29) is 5.48 Å². The second kappa shape index (κ2) is 17.9. The van der Waals surface area contributed by atoms with Crippen molar-refractivity contribution in [3.63, 3.8) is 0 Å². The van der Waals surface area contributed by atoms with E-state index in [0.717, 1.165) is 0 Å². The molecule has 2 N–H and O–H groups in total. The molecule has 0 heterocycles. The quantitative estimate of drug-likeness (QED) is 0.615. The molecule has 0 bridgehead atoms. The predicted octanol–water partition coefficient (Wildman–Crippen LogP) is 2.72. The van der Waals surface area contributed by atoms with E-state index >= 15 is 0 Å². The molecule has 0 aromatic carbocycles. The molecule has 84 valence electrons. The molecule has 0 unspecified atom stereocenters. The molecule has 0 aliphatic heterocycles. The molecule has 0 spiro atoms. The third-order valence-electron chi connectivity index (χ3n) is 1.46. The molecule has 13 heavy (non-hydrogen) atoms. The number of hydrogen-bond acceptors (Lipinski definition) is 1. The molecule has 0 rings (SSSR count). The number of rotatable bonds is 5. The van der Waals surface area contributed by atoms with E-state index in [4.69, 9.17) is 0 Å². The minimum absolute atomic E-state index is 0. The molecule has 0 saturated heterocycles. The van der Waals surface area contributed by atoms with Crippen LogP contribution in [0.25, 0.3) is 0 Å². The normalized spacial score (nSPS) is 8.77. The van der Waals surface area contributed by atoms with Gasteiger partial charge in [-0.25, -0.2) is 0 Å². The van der Waals surface area contributed by atoms with E-state index in [1.54, 1.807) is 0 Å². The van der Waals surface area contributed by atoms with Gasteiger partial charge in [0.25, 0.3) is 0 Å². The summed E-state index contributed by atoms with van der Waals surface area (Å²) in [6, 6.07) is 0. The minimum Gasteiger partial charge on any atom is -0.412 e. The Labute approximate surface area is 84.6 Å². The lowest BCUT2D eigenvalue weighted by Crippen LogP contribution is -1.99. The maximum atomic E-state index is 2.26. The van der Waals surface area contributed by atoms with Gasteiger partial charge in [-0.1, -0.05) is 52.4 Å². The average molecular weight is 191 g/mol. The Bertz CT molecular complexity index is 56.4. The Morgan fingerprint density at radius 3 is 1.08 bits per heavy atom. The van der Waals surface area contributed by atoms with Crippen LogP contribution >= 0.6 is 0 Å². The van der Waals surface area contributed by atoms with E-state index in [9.17, 15) is 0 Å². The lowest BCUT2D eigenvalue weighted by atomic mass is 10.1. The van der Waals surface area contributed by atoms with Gasteiger partial charge in [-0.3, -0.25) is 0 Å². The van der Waals surface area contributed by atoms with Crippen molar-refractivity contribution in [2.75, 3.05) is 21.1 Å². The Morgan fingerprint density at radius 2 is 0.923 bits per heavy atom. The van der Waals surface area contributed by atoms with Crippen LogP contribution in [-0.4, -0.2) is 31.5 Å². The van der Waals surface area contributed by atoms with E-state index in [1.165, 1.54) is 38.5 Å². The van der Waals surface area contributed by atoms with Crippen LogP contribution in [0.1, 0.15) is 52.4 Å². The highest BCUT2D eigenvalue weighted by Gasteiger charge is 1.83. The van der Waals surface area contributed by atoms with Gasteiger partial charge in [-0.15, -0.1) is 0 Å². The van der Waals surface area contributed by atoms with Crippen LogP contribution in [0.2, 0.25) is 0 Å². The van der Waals surface area contributed by atoms with Gasteiger partial charge in [0.15, 0.2) is 0 Å². The first kappa shape index (κ1) is 18.7. The van der Waals surface area contributed by atoms with E-state index in [2.05, 4.69) is 13.8 Å². The summed E-state index contributed by atoms with van der Waals surface area (Å²) >= 11 is 0. The summed E-state index contributed by atoms with van der Waals surface area (Å²) in [6.07, 6.45) is 8.49. The van der Waals surface area contributed by atoms with Gasteiger partial charge in [-0.2, -0.15) is 0 Å². The van der Waals surface area contributed by atoms with Crippen LogP contribution in [-0.2, 0) is 0 Å². The monoisotopic (exact) mass is 191 g/mol. The van der Waals surface area contributed by atoms with Crippen molar-refractivity contribution in [1.82, 2.24) is 4.90 Å². The second-order valence-corrected chi connectivity index (χ2v) is 3.76. The van der Waals surface area contributed by atoms with Gasteiger partial charge in [0.05, 0.1) is 0 Å². The second-order valence-electron chi connectivity index (χ2n) is 3.76. The molecule has 0 aromatic rings. The topological polar surface area (TPSA) is 34.7 Å². The highest BCUT2D eigenvalue weighted by molar-refractivity contribution is 4.39. The number of unbranched alkanes of at least 4 members (excludes halogenated alkanes) is 5. The van der Waals surface area contributed by atoms with Gasteiger partial charge < -0.3 is 10.4 Å². The lowest BCUT2D eigenvalue weighted by molar-refractivity contribution is 0.505. The maximum absolute atomic E-state index is 2.26. The van der Waals surface area contributed by atoms with Crippen LogP contribution in [0.5, 0.6) is 0 Å². The summed E-state index contributed by atoms with van der Waals surface area (Å²) in [5, 5.41) is 0. The van der Waals surface area contributed by atoms with Gasteiger partial charge in [0.2, 0.25) is 0 Å². The molecule has 0 aromatic heterocycles. The first-order chi connectivity index (χ1) is 5.65. The Balaban J connectivity index is -0.000000173. The first-order valence-electron chi connectivity index (χ1n) is 5.26. The molecule has 0 fully saturated rings. The standard InChI is InChI=1S/C8H18.C3H9N.H2O/c1-3-5-7-8-6-4-2;1-4(2)3;/h3-8H2,1-2H3;1-3H3;1H2. The van der Waals surface area contributed by atoms with Gasteiger partial charge in [0, 0.05) is 0 Å². The van der Waals surface area contributed by atoms with Crippen molar-refractivity contribution < 1.29 is 5.48 Å². The smallest absolute Gasteiger partial charge is 0.0140 e. The van der Waals surface area contributed by atoms with Crippen molar-refractivity contribution in [2.24, 2.45) is 0 Å². The Kier molecular flexibility index (Phi) is 25.6. The fourth-order valence-corrected chi connectivity index (χ4v) is 0.854. The van der Waals surface area contributed by atoms with Crippen molar-refractivity contribution in [2.45, 2.75) is 52.4 Å². The van der Waals surface area contributed by atoms with Gasteiger partial charge in [-0.05, 0) is 21.1 Å². The fourth-order valence-electron chi connectivity index (χ4n) is 0.854. The van der Waals surface area contributed by atoms with E-state index in [0.29, 0.717) is 0 Å². The molecule has 0 saturated carbocycles. The van der Waals surface area contributed by atoms with Crippen molar-refractivity contribution in [3.8, 4) is 0 Å². The van der Waals surface area contributed by atoms with Crippen molar-refractivity contribution >= 4 is 0 Å². The third kappa shape index (κ3) is 48.5. The first-order valence-corrected chi connectivity index (χ1v) is 5.26. The molecule has 2 heteroatoms. The molecular formula is C11H29NO. The molecular weight excluding hydrogens is 162 g/mol. The number of nitrogens with zero attached hydrogens (tertiary/aromatic N) is 1. The zero-order valence-electron chi connectivity index (χ0n) is 10.2. The molecule has 0 aliphatic rings. The van der Waals surface area contributed by atoms with Gasteiger partial charge in [0.1, 0.15) is 0 Å². The SMILES string of the molecule is CCCCCCCC.CN(C)C.O. The van der Waals surface area contributed by atoms with Crippen LogP contribution < -0.4 is 0 Å². The summed E-state index contributed by atoms with van der Waals surface area (Å²) in [6.45, 7) is 4.51. The maximum Gasteiger partial charge on any atom is -0.0140 e. The van der Waals surface area contributed by atoms with Crippen LogP contribution in [0, 0.1) is 0 Å². The van der Waals surface area contributed by atoms with Crippen LogP contribution in [0.4, 0.5) is 0 Å². The Hall–Kier alpha value is -0.0800. The number of hydrogen-bond donors (Lipinski definition) is 0. The van der Waals surface area contributed by atoms with E-state index in [1.807, 2.05) is 26.0 Å². The lowest BCUT2D eigenvalue weighted by Gasteiger charge is -1.93. The van der Waals surface area contributed by atoms with Gasteiger partial charge >= 0.3 is 0 Å². The third-order valence-corrected chi connectivity index (χ3v) is 1.46. The highest BCUT2D eigenvalue weighted by Crippen LogP contribution is 2.03. The van der Waals surface area contributed by atoms with Crippen molar-refractivity contribution in [1.29, 1.82) is 0 Å². The summed E-state index contributed by atoms with van der Waals surface area (Å²) in [5.41, 5.74) is 0. The molecule has 2 nitrogen and oxygen atoms in total. The summed E-state index contributed by atoms with van der Waals surface area (Å²) < 4.78 is 0. The fraction of sp³-hybridized carbons (Fsp3) is 1.00. The molecule has 0 amide bonds. The van der Waals surface area contributed by atoms with Crippen molar-refractivity contribution in [3.05, 3.63) is 0 Å². The molecule has 0 atom stereocenters. The largest absolute Gasteiger partial charge is 0.412 e. The van der Waals surface area contributed by atoms with Crippen LogP contribution in [0.3, 0.4) is 0 Å². The Morgan fingerprint density at radius 1 is 0.692 bits per heavy atom. The minimum atomic E-state index is 0. The molecule has 0 aliphatic carbocycles. The summed E-state index contributed by atoms with van der Waals surface area (Å²) in [7, 11) is 6.00. The average Bonchev–Trinajstić information content (AvgIpc) is 1.97. The van der Waals surface area contributed by atoms with E-state index < -0.39 is 0 Å². The predicted molar refractivity (Wildman–Crippen MR) is 62.3 cm³/mol. The molecule has 0 radical (unpaired) electrons. The highest BCUT2D eigenvalue weighted by atomic mass is 16.0. The zero-order chi connectivity index (χ0) is 9.82. The summed E-state index contributed by atoms with van der Waals surface area (Å²) in [5.74, 6) is 0. The zero-order valence-corrected chi connectivity index (χ0v) is 10.2.